The summed E-state index contributed by atoms with van der Waals surface area (Å²) in [6.45, 7) is 2.33. The number of fused-ring (bicyclic) bond motifs is 1. The molecule has 2 aromatic rings. The summed E-state index contributed by atoms with van der Waals surface area (Å²) in [4.78, 5) is 28.9. The summed E-state index contributed by atoms with van der Waals surface area (Å²) in [7, 11) is 0. The van der Waals surface area contributed by atoms with Crippen molar-refractivity contribution in [3.05, 3.63) is 36.0 Å². The molecular weight excluding hydrogens is 254 g/mol. The molecule has 1 aliphatic rings. The van der Waals surface area contributed by atoms with Crippen LogP contribution < -0.4 is 5.32 Å². The average Bonchev–Trinajstić information content (AvgIpc) is 2.78. The van der Waals surface area contributed by atoms with Crippen LogP contribution in [0.2, 0.25) is 0 Å². The zero-order valence-electron chi connectivity index (χ0n) is 11.2. The van der Waals surface area contributed by atoms with E-state index in [9.17, 15) is 9.59 Å². The zero-order valence-corrected chi connectivity index (χ0v) is 11.2. The molecule has 0 radical (unpaired) electrons. The van der Waals surface area contributed by atoms with Crippen LogP contribution >= 0.6 is 0 Å². The van der Waals surface area contributed by atoms with Crippen molar-refractivity contribution < 1.29 is 9.59 Å². The van der Waals surface area contributed by atoms with Crippen LogP contribution in [0.1, 0.15) is 16.8 Å². The molecule has 0 saturated carbocycles. The van der Waals surface area contributed by atoms with Gasteiger partial charge in [0.15, 0.2) is 5.78 Å². The topological polar surface area (TPSA) is 65.2 Å². The first-order valence-electron chi connectivity index (χ1n) is 6.82. The number of hydrogen-bond acceptors (Lipinski definition) is 3. The number of para-hydroxylation sites is 1. The van der Waals surface area contributed by atoms with Crippen LogP contribution in [0.5, 0.6) is 0 Å². The van der Waals surface area contributed by atoms with Crippen LogP contribution in [0.3, 0.4) is 0 Å². The highest BCUT2D eigenvalue weighted by molar-refractivity contribution is 6.08. The summed E-state index contributed by atoms with van der Waals surface area (Å²) in [6.07, 6.45) is 2.23. The molecule has 0 spiro atoms. The molecule has 1 amide bonds. The number of Topliss-reactive ketones (excluding diaryl/α,β-unsaturated/α-hetero) is 1. The predicted molar refractivity (Wildman–Crippen MR) is 76.7 cm³/mol. The van der Waals surface area contributed by atoms with Crippen LogP contribution in [-0.4, -0.2) is 47.8 Å². The lowest BCUT2D eigenvalue weighted by Crippen LogP contribution is -2.33. The molecule has 1 aromatic heterocycles. The van der Waals surface area contributed by atoms with Gasteiger partial charge in [0, 0.05) is 48.7 Å². The second-order valence-corrected chi connectivity index (χ2v) is 5.05. The van der Waals surface area contributed by atoms with E-state index in [1.807, 2.05) is 29.2 Å². The Kier molecular flexibility index (Phi) is 3.52. The van der Waals surface area contributed by atoms with Gasteiger partial charge in [-0.25, -0.2) is 0 Å². The molecule has 2 heterocycles. The number of rotatable bonds is 3. The van der Waals surface area contributed by atoms with E-state index in [1.54, 1.807) is 6.20 Å². The summed E-state index contributed by atoms with van der Waals surface area (Å²) >= 11 is 0. The van der Waals surface area contributed by atoms with Gasteiger partial charge in [-0.15, -0.1) is 0 Å². The highest BCUT2D eigenvalue weighted by atomic mass is 16.1. The van der Waals surface area contributed by atoms with Gasteiger partial charge in [0.25, 0.3) is 0 Å². The monoisotopic (exact) mass is 271 g/mol. The van der Waals surface area contributed by atoms with Crippen LogP contribution in [0.25, 0.3) is 10.9 Å². The van der Waals surface area contributed by atoms with Gasteiger partial charge in [0.1, 0.15) is 0 Å². The van der Waals surface area contributed by atoms with Gasteiger partial charge in [0.05, 0.1) is 6.54 Å². The van der Waals surface area contributed by atoms with Gasteiger partial charge in [-0.05, 0) is 6.07 Å². The quantitative estimate of drug-likeness (QED) is 0.824. The lowest BCUT2D eigenvalue weighted by Gasteiger charge is -2.17. The van der Waals surface area contributed by atoms with E-state index in [4.69, 9.17) is 0 Å². The summed E-state index contributed by atoms with van der Waals surface area (Å²) in [5.41, 5.74) is 1.70. The third-order valence-electron chi connectivity index (χ3n) is 3.66. The second-order valence-electron chi connectivity index (χ2n) is 5.05. The van der Waals surface area contributed by atoms with Crippen molar-refractivity contribution in [2.75, 3.05) is 26.2 Å². The lowest BCUT2D eigenvalue weighted by molar-refractivity contribution is -0.120. The fourth-order valence-corrected chi connectivity index (χ4v) is 2.56. The van der Waals surface area contributed by atoms with E-state index < -0.39 is 0 Å². The fourth-order valence-electron chi connectivity index (χ4n) is 2.56. The highest BCUT2D eigenvalue weighted by Gasteiger charge is 2.18. The van der Waals surface area contributed by atoms with Gasteiger partial charge in [-0.3, -0.25) is 14.5 Å². The van der Waals surface area contributed by atoms with E-state index in [-0.39, 0.29) is 11.7 Å². The first-order valence-corrected chi connectivity index (χ1v) is 6.82. The number of nitrogens with one attached hydrogen (secondary N) is 2. The lowest BCUT2D eigenvalue weighted by atomic mass is 10.1. The normalized spacial score (nSPS) is 16.9. The molecule has 0 atom stereocenters. The Morgan fingerprint density at radius 3 is 3.00 bits per heavy atom. The van der Waals surface area contributed by atoms with Crippen molar-refractivity contribution in [2.24, 2.45) is 0 Å². The number of hydrogen-bond donors (Lipinski definition) is 2. The molecule has 1 aliphatic heterocycles. The molecule has 104 valence electrons. The van der Waals surface area contributed by atoms with E-state index in [1.165, 1.54) is 0 Å². The largest absolute Gasteiger partial charge is 0.360 e. The van der Waals surface area contributed by atoms with Crippen molar-refractivity contribution in [1.29, 1.82) is 0 Å². The molecule has 0 aliphatic carbocycles. The smallest absolute Gasteiger partial charge is 0.221 e. The molecule has 1 saturated heterocycles. The molecule has 5 heteroatoms. The maximum Gasteiger partial charge on any atom is 0.221 e. The number of aromatic amines is 1. The molecule has 2 N–H and O–H groups in total. The zero-order chi connectivity index (χ0) is 13.9. The Morgan fingerprint density at radius 1 is 1.25 bits per heavy atom. The standard InChI is InChI=1S/C15H17N3O2/c19-14(10-18-7-5-15(20)16-6-8-18)12-9-17-13-4-2-1-3-11(12)13/h1-4,9,17H,5-8,10H2,(H,16,20). The number of aromatic nitrogens is 1. The van der Waals surface area contributed by atoms with Gasteiger partial charge in [-0.1, -0.05) is 18.2 Å². The highest BCUT2D eigenvalue weighted by Crippen LogP contribution is 2.18. The minimum absolute atomic E-state index is 0.0621. The second kappa shape index (κ2) is 5.46. The third kappa shape index (κ3) is 2.58. The average molecular weight is 271 g/mol. The SMILES string of the molecule is O=C1CCN(CC(=O)c2c[nH]c3ccccc23)CCN1. The Hall–Kier alpha value is -2.14. The van der Waals surface area contributed by atoms with Crippen LogP contribution in [0.15, 0.2) is 30.5 Å². The molecule has 0 bridgehead atoms. The molecular formula is C15H17N3O2. The first kappa shape index (κ1) is 12.9. The number of amides is 1. The van der Waals surface area contributed by atoms with Crippen molar-refractivity contribution >= 4 is 22.6 Å². The van der Waals surface area contributed by atoms with Crippen molar-refractivity contribution in [2.45, 2.75) is 6.42 Å². The number of carbonyl (C=O) groups excluding carboxylic acids is 2. The number of ketones is 1. The summed E-state index contributed by atoms with van der Waals surface area (Å²) in [6, 6.07) is 7.79. The van der Waals surface area contributed by atoms with Crippen LogP contribution in [0.4, 0.5) is 0 Å². The van der Waals surface area contributed by atoms with E-state index in [0.29, 0.717) is 26.1 Å². The van der Waals surface area contributed by atoms with E-state index in [0.717, 1.165) is 23.0 Å². The Balaban J connectivity index is 1.74. The van der Waals surface area contributed by atoms with Crippen LogP contribution in [-0.2, 0) is 4.79 Å². The van der Waals surface area contributed by atoms with Crippen molar-refractivity contribution in [3.8, 4) is 0 Å². The first-order chi connectivity index (χ1) is 9.74. The summed E-state index contributed by atoms with van der Waals surface area (Å²) in [5.74, 6) is 0.156. The van der Waals surface area contributed by atoms with Crippen molar-refractivity contribution in [1.82, 2.24) is 15.2 Å². The number of H-pyrrole nitrogens is 1. The third-order valence-corrected chi connectivity index (χ3v) is 3.66. The number of carbonyl (C=O) groups is 2. The fraction of sp³-hybridized carbons (Fsp3) is 0.333. The predicted octanol–water partition coefficient (Wildman–Crippen LogP) is 1.17. The molecule has 1 aromatic carbocycles. The summed E-state index contributed by atoms with van der Waals surface area (Å²) in [5, 5.41) is 3.77. The number of benzene rings is 1. The van der Waals surface area contributed by atoms with Gasteiger partial charge in [0.2, 0.25) is 5.91 Å². The molecule has 3 rings (SSSR count). The van der Waals surface area contributed by atoms with Gasteiger partial charge in [-0.2, -0.15) is 0 Å². The van der Waals surface area contributed by atoms with E-state index in [2.05, 4.69) is 10.3 Å². The molecule has 5 nitrogen and oxygen atoms in total. The summed E-state index contributed by atoms with van der Waals surface area (Å²) < 4.78 is 0. The minimum Gasteiger partial charge on any atom is -0.360 e. The maximum atomic E-state index is 12.4. The van der Waals surface area contributed by atoms with Crippen molar-refractivity contribution in [3.63, 3.8) is 0 Å². The van der Waals surface area contributed by atoms with Crippen LogP contribution in [0, 0.1) is 0 Å². The van der Waals surface area contributed by atoms with E-state index >= 15 is 0 Å². The van der Waals surface area contributed by atoms with Gasteiger partial charge < -0.3 is 10.3 Å². The minimum atomic E-state index is 0.0621. The number of nitrogens with zero attached hydrogens (tertiary/aromatic N) is 1. The Labute approximate surface area is 117 Å². The molecule has 0 unspecified atom stereocenters. The molecule has 20 heavy (non-hydrogen) atoms. The molecule has 1 fully saturated rings. The van der Waals surface area contributed by atoms with Gasteiger partial charge >= 0.3 is 0 Å². The Morgan fingerprint density at radius 2 is 2.10 bits per heavy atom. The Bertz CT molecular complexity index is 647. The maximum absolute atomic E-state index is 12.4.